The first-order valence-corrected chi connectivity index (χ1v) is 8.60. The fourth-order valence-electron chi connectivity index (χ4n) is 2.21. The van der Waals surface area contributed by atoms with Gasteiger partial charge in [0.1, 0.15) is 0 Å². The smallest absolute Gasteiger partial charge is 0.271 e. The third-order valence-corrected chi connectivity index (χ3v) is 5.23. The van der Waals surface area contributed by atoms with Gasteiger partial charge in [0.05, 0.1) is 9.82 Å². The molecule has 0 amide bonds. The minimum atomic E-state index is -3.90. The van der Waals surface area contributed by atoms with Crippen LogP contribution in [-0.4, -0.2) is 13.3 Å². The van der Waals surface area contributed by atoms with Crippen LogP contribution in [0.2, 0.25) is 0 Å². The second-order valence-corrected chi connectivity index (χ2v) is 6.95. The molecule has 0 saturated heterocycles. The van der Waals surface area contributed by atoms with Gasteiger partial charge < -0.3 is 0 Å². The Labute approximate surface area is 135 Å². The molecule has 0 aliphatic heterocycles. The molecule has 2 rings (SSSR count). The van der Waals surface area contributed by atoms with E-state index in [-0.39, 0.29) is 10.6 Å². The van der Waals surface area contributed by atoms with Gasteiger partial charge >= 0.3 is 0 Å². The lowest BCUT2D eigenvalue weighted by Crippen LogP contribution is -2.15. The monoisotopic (exact) mass is 334 g/mol. The maximum atomic E-state index is 12.6. The van der Waals surface area contributed by atoms with Gasteiger partial charge in [-0.2, -0.15) is 0 Å². The second-order valence-electron chi connectivity index (χ2n) is 5.30. The van der Waals surface area contributed by atoms with E-state index in [0.29, 0.717) is 16.8 Å². The van der Waals surface area contributed by atoms with Crippen LogP contribution in [0, 0.1) is 24.0 Å². The van der Waals surface area contributed by atoms with Gasteiger partial charge in [0.15, 0.2) is 0 Å². The Morgan fingerprint density at radius 2 is 1.74 bits per heavy atom. The number of non-ortho nitro benzene ring substituents is 1. The van der Waals surface area contributed by atoms with Crippen molar-refractivity contribution >= 4 is 21.4 Å². The predicted octanol–water partition coefficient (Wildman–Crippen LogP) is 3.57. The van der Waals surface area contributed by atoms with Crippen molar-refractivity contribution in [3.63, 3.8) is 0 Å². The number of anilines is 1. The first kappa shape index (κ1) is 17.0. The number of sulfonamides is 1. The summed E-state index contributed by atoms with van der Waals surface area (Å²) in [6.45, 7) is 5.29. The van der Waals surface area contributed by atoms with Crippen molar-refractivity contribution < 1.29 is 13.3 Å². The number of nitro benzene ring substituents is 1. The Hall–Kier alpha value is -2.41. The summed E-state index contributed by atoms with van der Waals surface area (Å²) >= 11 is 0. The molecule has 0 heterocycles. The predicted molar refractivity (Wildman–Crippen MR) is 89.2 cm³/mol. The first-order chi connectivity index (χ1) is 10.7. The molecular weight excluding hydrogens is 316 g/mol. The molecule has 0 saturated carbocycles. The standard InChI is InChI=1S/C16H18N2O4S/c1-4-13-5-7-14(8-6-13)17-23(21,22)16-10-15(18(19)20)9-11(2)12(16)3/h5-10,17H,4H2,1-3H3. The second kappa shape index (κ2) is 6.37. The maximum absolute atomic E-state index is 12.6. The van der Waals surface area contributed by atoms with Gasteiger partial charge in [0, 0.05) is 17.8 Å². The van der Waals surface area contributed by atoms with Gasteiger partial charge in [-0.1, -0.05) is 19.1 Å². The molecule has 122 valence electrons. The number of nitrogens with zero attached hydrogens (tertiary/aromatic N) is 1. The average Bonchev–Trinajstić information content (AvgIpc) is 2.49. The molecule has 0 fully saturated rings. The summed E-state index contributed by atoms with van der Waals surface area (Å²) in [6, 6.07) is 9.48. The van der Waals surface area contributed by atoms with E-state index in [2.05, 4.69) is 4.72 Å². The molecule has 0 spiro atoms. The van der Waals surface area contributed by atoms with Crippen LogP contribution in [0.4, 0.5) is 11.4 Å². The Balaban J connectivity index is 2.44. The van der Waals surface area contributed by atoms with Gasteiger partial charge in [-0.05, 0) is 49.1 Å². The number of benzene rings is 2. The van der Waals surface area contributed by atoms with Crippen molar-refractivity contribution in [1.82, 2.24) is 0 Å². The topological polar surface area (TPSA) is 89.3 Å². The molecule has 23 heavy (non-hydrogen) atoms. The molecule has 7 heteroatoms. The Morgan fingerprint density at radius 3 is 2.26 bits per heavy atom. The van der Waals surface area contributed by atoms with Crippen molar-refractivity contribution in [3.05, 3.63) is 63.2 Å². The first-order valence-electron chi connectivity index (χ1n) is 7.12. The van der Waals surface area contributed by atoms with E-state index in [1.54, 1.807) is 26.0 Å². The number of nitrogens with one attached hydrogen (secondary N) is 1. The minimum absolute atomic E-state index is 0.0798. The van der Waals surface area contributed by atoms with E-state index in [4.69, 9.17) is 0 Å². The summed E-state index contributed by atoms with van der Waals surface area (Å²) in [5.74, 6) is 0. The Kier molecular flexibility index (Phi) is 4.70. The molecule has 2 aromatic carbocycles. The molecule has 0 aromatic heterocycles. The van der Waals surface area contributed by atoms with Crippen LogP contribution in [0.1, 0.15) is 23.6 Å². The summed E-state index contributed by atoms with van der Waals surface area (Å²) in [7, 11) is -3.90. The SMILES string of the molecule is CCc1ccc(NS(=O)(=O)c2cc([N+](=O)[O-])cc(C)c2C)cc1. The zero-order valence-corrected chi connectivity index (χ0v) is 14.0. The van der Waals surface area contributed by atoms with E-state index < -0.39 is 14.9 Å². The molecule has 0 atom stereocenters. The summed E-state index contributed by atoms with van der Waals surface area (Å²) in [5.41, 5.74) is 2.32. The highest BCUT2D eigenvalue weighted by Crippen LogP contribution is 2.27. The van der Waals surface area contributed by atoms with Crippen LogP contribution in [0.5, 0.6) is 0 Å². The number of hydrogen-bond donors (Lipinski definition) is 1. The molecule has 2 aromatic rings. The molecule has 6 nitrogen and oxygen atoms in total. The summed E-state index contributed by atoms with van der Waals surface area (Å²) in [4.78, 5) is 10.3. The zero-order chi connectivity index (χ0) is 17.2. The van der Waals surface area contributed by atoms with Gasteiger partial charge in [-0.15, -0.1) is 0 Å². The van der Waals surface area contributed by atoms with Crippen molar-refractivity contribution in [3.8, 4) is 0 Å². The van der Waals surface area contributed by atoms with Crippen molar-refractivity contribution in [2.24, 2.45) is 0 Å². The van der Waals surface area contributed by atoms with Crippen LogP contribution >= 0.6 is 0 Å². The summed E-state index contributed by atoms with van der Waals surface area (Å²) in [5, 5.41) is 11.0. The number of rotatable bonds is 5. The molecule has 0 radical (unpaired) electrons. The lowest BCUT2D eigenvalue weighted by atomic mass is 10.1. The van der Waals surface area contributed by atoms with Gasteiger partial charge in [0.2, 0.25) is 0 Å². The van der Waals surface area contributed by atoms with Crippen LogP contribution < -0.4 is 4.72 Å². The third-order valence-electron chi connectivity index (χ3n) is 3.72. The lowest BCUT2D eigenvalue weighted by molar-refractivity contribution is -0.385. The average molecular weight is 334 g/mol. The molecule has 0 bridgehead atoms. The summed E-state index contributed by atoms with van der Waals surface area (Å²) < 4.78 is 27.6. The van der Waals surface area contributed by atoms with E-state index in [9.17, 15) is 18.5 Å². The Morgan fingerprint density at radius 1 is 1.13 bits per heavy atom. The lowest BCUT2D eigenvalue weighted by Gasteiger charge is -2.12. The Bertz CT molecular complexity index is 843. The molecule has 1 N–H and O–H groups in total. The van der Waals surface area contributed by atoms with E-state index >= 15 is 0 Å². The highest BCUT2D eigenvalue weighted by Gasteiger charge is 2.22. The van der Waals surface area contributed by atoms with E-state index in [0.717, 1.165) is 18.1 Å². The van der Waals surface area contributed by atoms with Crippen LogP contribution in [0.3, 0.4) is 0 Å². The van der Waals surface area contributed by atoms with Crippen LogP contribution in [0.25, 0.3) is 0 Å². The third kappa shape index (κ3) is 3.68. The van der Waals surface area contributed by atoms with Crippen LogP contribution in [-0.2, 0) is 16.4 Å². The largest absolute Gasteiger partial charge is 0.280 e. The number of hydrogen-bond acceptors (Lipinski definition) is 4. The molecule has 0 aliphatic rings. The minimum Gasteiger partial charge on any atom is -0.280 e. The fourth-order valence-corrected chi connectivity index (χ4v) is 3.61. The maximum Gasteiger partial charge on any atom is 0.271 e. The van der Waals surface area contributed by atoms with Crippen molar-refractivity contribution in [1.29, 1.82) is 0 Å². The van der Waals surface area contributed by atoms with Crippen molar-refractivity contribution in [2.75, 3.05) is 4.72 Å². The van der Waals surface area contributed by atoms with Crippen molar-refractivity contribution in [2.45, 2.75) is 32.1 Å². The van der Waals surface area contributed by atoms with Gasteiger partial charge in [-0.25, -0.2) is 8.42 Å². The van der Waals surface area contributed by atoms with E-state index in [1.807, 2.05) is 19.1 Å². The van der Waals surface area contributed by atoms with Crippen LogP contribution in [0.15, 0.2) is 41.3 Å². The summed E-state index contributed by atoms with van der Waals surface area (Å²) in [6.07, 6.45) is 0.857. The van der Waals surface area contributed by atoms with Gasteiger partial charge in [-0.3, -0.25) is 14.8 Å². The molecule has 0 aliphatic carbocycles. The quantitative estimate of drug-likeness (QED) is 0.668. The fraction of sp³-hybridized carbons (Fsp3) is 0.250. The normalized spacial score (nSPS) is 11.3. The number of nitro groups is 1. The molecule has 0 unspecified atom stereocenters. The number of aryl methyl sites for hydroxylation is 2. The molecular formula is C16H18N2O4S. The highest BCUT2D eigenvalue weighted by atomic mass is 32.2. The zero-order valence-electron chi connectivity index (χ0n) is 13.2. The van der Waals surface area contributed by atoms with Gasteiger partial charge in [0.25, 0.3) is 15.7 Å². The van der Waals surface area contributed by atoms with E-state index in [1.165, 1.54) is 6.07 Å². The highest BCUT2D eigenvalue weighted by molar-refractivity contribution is 7.92.